The Labute approximate surface area is 771 Å². The number of para-hydroxylation sites is 2. The molecule has 0 bridgehead atoms. The Bertz CT molecular complexity index is 6910. The van der Waals surface area contributed by atoms with E-state index >= 15 is 0 Å². The number of hydrogen-bond donors (Lipinski definition) is 0. The highest BCUT2D eigenvalue weighted by Gasteiger charge is 2.50. The van der Waals surface area contributed by atoms with Crippen LogP contribution < -0.4 is 31.1 Å². The Hall–Kier alpha value is -13.3. The normalized spacial score (nSPS) is 19.2. The van der Waals surface area contributed by atoms with Crippen LogP contribution >= 0.6 is 0 Å². The fourth-order valence-electron chi connectivity index (χ4n) is 24.0. The summed E-state index contributed by atoms with van der Waals surface area (Å²) in [5.41, 5.74) is 47.9. The van der Waals surface area contributed by atoms with Gasteiger partial charge in [-0.2, -0.15) is 0 Å². The van der Waals surface area contributed by atoms with Crippen molar-refractivity contribution in [2.75, 3.05) is 14.7 Å². The molecule has 0 saturated carbocycles. The van der Waals surface area contributed by atoms with Gasteiger partial charge in [-0.1, -0.05) is 410 Å². The number of allylic oxidation sites excluding steroid dienone is 13. The van der Waals surface area contributed by atoms with Gasteiger partial charge in [-0.05, 0) is 260 Å². The van der Waals surface area contributed by atoms with E-state index < -0.39 is 0 Å². The molecule has 6 unspecified atom stereocenters. The van der Waals surface area contributed by atoms with Crippen LogP contribution in [0.1, 0.15) is 155 Å². The molecule has 0 N–H and O–H groups in total. The highest BCUT2D eigenvalue weighted by atomic mass is 15.2. The van der Waals surface area contributed by atoms with Crippen molar-refractivity contribution in [3.05, 3.63) is 419 Å². The monoisotopic (exact) mass is 1680 g/mol. The first-order valence-corrected chi connectivity index (χ1v) is 47.8. The predicted molar refractivity (Wildman–Crippen MR) is 554 cm³/mol. The van der Waals surface area contributed by atoms with Crippen LogP contribution in [0.25, 0.3) is 89.5 Å². The van der Waals surface area contributed by atoms with E-state index in [0.29, 0.717) is 23.7 Å². The number of anilines is 9. The standard InChI is InChI=1S/C126H114BN3/c1-123(2,3)95-65-89-49-51-91-67-97(125(7,8)9)75-108-106(71-93(69-95)116(89)118(91)108)87-57-63-110-112(73-87)129(121-102(83-37-23-15-24-38-83)45-31-46-103(121)84-39-25-16-26-40-84)114-77-101(128(99-59-53-81(54-60-99)79-33-19-13-20-34-79)100-61-55-82(56-62-100)80-35-21-14-22-36-80)78-115-120(114)127(110)111-64-58-88(74-113(111)130(115)122-104(85-41-27-17-28-42-85)47-32-48-105(122)86-43-29-18-30-44-86)107-72-94-70-96(124(4,5)6)66-90-50-52-92-68-98(126(10,11)12)76-109(107)119(92)117(90)94/h13-49,51,53-65,69,71-78,90-92,96,116,118H,50,52,66-68,70H2,1-12H3. The van der Waals surface area contributed by atoms with Crippen LogP contribution in [-0.2, 0) is 6.42 Å². The van der Waals surface area contributed by atoms with Gasteiger partial charge in [0, 0.05) is 68.2 Å². The van der Waals surface area contributed by atoms with E-state index in [-0.39, 0.29) is 40.2 Å². The van der Waals surface area contributed by atoms with Gasteiger partial charge in [-0.3, -0.25) is 0 Å². The third-order valence-corrected chi connectivity index (χ3v) is 30.8. The summed E-state index contributed by atoms with van der Waals surface area (Å²) in [7, 11) is 0. The molecule has 0 amide bonds. The van der Waals surface area contributed by atoms with Gasteiger partial charge in [0.15, 0.2) is 0 Å². The van der Waals surface area contributed by atoms with Crippen LogP contribution in [0.15, 0.2) is 391 Å². The molecule has 14 aromatic rings. The second kappa shape index (κ2) is 31.3. The fraction of sp³-hybridized carbons (Fsp3) is 0.222. The number of hydrogen-bond acceptors (Lipinski definition) is 3. The topological polar surface area (TPSA) is 9.72 Å². The molecule has 14 aromatic carbocycles. The average molecular weight is 1680 g/mol. The van der Waals surface area contributed by atoms with E-state index in [1.165, 1.54) is 108 Å². The summed E-state index contributed by atoms with van der Waals surface area (Å²) in [6.07, 6.45) is 25.3. The van der Waals surface area contributed by atoms with Gasteiger partial charge in [0.2, 0.25) is 0 Å². The van der Waals surface area contributed by atoms with Gasteiger partial charge in [0.05, 0.1) is 17.1 Å². The first-order valence-electron chi connectivity index (χ1n) is 47.8. The van der Waals surface area contributed by atoms with Crippen molar-refractivity contribution in [3.8, 4) is 77.9 Å². The van der Waals surface area contributed by atoms with Crippen molar-refractivity contribution in [3.63, 3.8) is 0 Å². The summed E-state index contributed by atoms with van der Waals surface area (Å²) >= 11 is 0. The van der Waals surface area contributed by atoms with Crippen LogP contribution in [-0.4, -0.2) is 6.71 Å². The van der Waals surface area contributed by atoms with Crippen LogP contribution in [0.5, 0.6) is 0 Å². The fourth-order valence-corrected chi connectivity index (χ4v) is 24.0. The van der Waals surface area contributed by atoms with Gasteiger partial charge in [-0.15, -0.1) is 0 Å². The maximum absolute atomic E-state index is 2.80. The molecule has 2 aliphatic heterocycles. The summed E-state index contributed by atoms with van der Waals surface area (Å²) < 4.78 is 0. The molecule has 0 radical (unpaired) electrons. The number of nitrogens with zero attached hydrogens (tertiary/aromatic N) is 3. The summed E-state index contributed by atoms with van der Waals surface area (Å²) in [6.45, 7) is 29.1. The third-order valence-electron chi connectivity index (χ3n) is 30.8. The van der Waals surface area contributed by atoms with E-state index in [2.05, 4.69) is 462 Å². The van der Waals surface area contributed by atoms with Crippen LogP contribution in [0.3, 0.4) is 0 Å². The average Bonchev–Trinajstić information content (AvgIpc) is 0.682. The molecule has 0 spiro atoms. The second-order valence-electron chi connectivity index (χ2n) is 42.7. The van der Waals surface area contributed by atoms with Gasteiger partial charge in [0.25, 0.3) is 6.71 Å². The van der Waals surface area contributed by atoms with Crippen LogP contribution in [0.2, 0.25) is 0 Å². The zero-order valence-electron chi connectivity index (χ0n) is 77.3. The Balaban J connectivity index is 0.885. The molecule has 636 valence electrons. The maximum Gasteiger partial charge on any atom is 0.252 e. The zero-order valence-corrected chi connectivity index (χ0v) is 77.3. The van der Waals surface area contributed by atoms with Crippen LogP contribution in [0.4, 0.5) is 51.2 Å². The molecule has 7 aliphatic carbocycles. The maximum atomic E-state index is 2.80. The number of fused-ring (bicyclic) bond motifs is 4. The third kappa shape index (κ3) is 13.9. The lowest BCUT2D eigenvalue weighted by molar-refractivity contribution is 0.191. The Kier molecular flexibility index (Phi) is 19.5. The molecule has 9 aliphatic rings. The molecule has 0 saturated heterocycles. The molecule has 3 nitrogen and oxygen atoms in total. The smallest absolute Gasteiger partial charge is 0.252 e. The van der Waals surface area contributed by atoms with Crippen molar-refractivity contribution in [2.24, 2.45) is 45.3 Å². The lowest BCUT2D eigenvalue weighted by Gasteiger charge is -2.48. The first kappa shape index (κ1) is 81.2. The quantitative estimate of drug-likeness (QED) is 0.107. The number of rotatable bonds is 13. The van der Waals surface area contributed by atoms with Crippen molar-refractivity contribution in [1.82, 2.24) is 0 Å². The second-order valence-corrected chi connectivity index (χ2v) is 42.7. The molecule has 23 rings (SSSR count). The molecule has 4 heteroatoms. The molecule has 0 fully saturated rings. The lowest BCUT2D eigenvalue weighted by Crippen LogP contribution is -2.61. The highest BCUT2D eigenvalue weighted by molar-refractivity contribution is 7.00. The van der Waals surface area contributed by atoms with Gasteiger partial charge in [-0.25, -0.2) is 0 Å². The molecule has 2 heterocycles. The van der Waals surface area contributed by atoms with Crippen molar-refractivity contribution < 1.29 is 0 Å². The minimum absolute atomic E-state index is 0.0116. The summed E-state index contributed by atoms with van der Waals surface area (Å²) in [5, 5.41) is 0. The number of benzene rings is 14. The van der Waals surface area contributed by atoms with E-state index in [1.807, 2.05) is 0 Å². The zero-order chi connectivity index (χ0) is 88.4. The minimum Gasteiger partial charge on any atom is -0.310 e. The molecule has 130 heavy (non-hydrogen) atoms. The molecule has 0 aromatic heterocycles. The van der Waals surface area contributed by atoms with Crippen molar-refractivity contribution in [1.29, 1.82) is 0 Å². The molecular weight excluding hydrogens is 1570 g/mol. The van der Waals surface area contributed by atoms with Gasteiger partial charge >= 0.3 is 0 Å². The Morgan fingerprint density at radius 1 is 0.338 bits per heavy atom. The Morgan fingerprint density at radius 2 is 0.785 bits per heavy atom. The minimum atomic E-state index is -0.297. The largest absolute Gasteiger partial charge is 0.310 e. The Morgan fingerprint density at radius 3 is 1.26 bits per heavy atom. The van der Waals surface area contributed by atoms with E-state index in [9.17, 15) is 0 Å². The summed E-state index contributed by atoms with van der Waals surface area (Å²) in [5.74, 6) is 2.46. The SMILES string of the molecule is CC(C)(C)C1=CC2=CC(c3ccc4c(c3)N(c3c(-c5ccccc5)cccc3-c3ccccc3)c3cc(N(c5ccc(-c6ccccc6)cc5)c5ccc(-c6ccccc6)cc5)cc5c3B4c3ccc(-c4cc6c7c8c4C=C(C(C)(C)C)CC8CCC7CC(C(C)(C)C)C6)cc3N5c3c(-c4ccccc4)cccc3-c3ccccc3)=C3C=C(C(C)(C)C)CC4C=CC(=C1)C2C34. The first-order chi connectivity index (χ1) is 63.0. The highest BCUT2D eigenvalue weighted by Crippen LogP contribution is 2.63. The summed E-state index contributed by atoms with van der Waals surface area (Å²) in [6, 6.07) is 124. The molecular formula is C126H114BN3. The van der Waals surface area contributed by atoms with Crippen LogP contribution in [0, 0.1) is 45.3 Å². The van der Waals surface area contributed by atoms with Gasteiger partial charge < -0.3 is 14.7 Å². The molecule has 6 atom stereocenters. The van der Waals surface area contributed by atoms with Crippen molar-refractivity contribution in [2.45, 2.75) is 133 Å². The van der Waals surface area contributed by atoms with Crippen molar-refractivity contribution >= 4 is 85.9 Å². The van der Waals surface area contributed by atoms with Gasteiger partial charge in [0.1, 0.15) is 0 Å². The lowest BCUT2D eigenvalue weighted by atomic mass is 9.33. The van der Waals surface area contributed by atoms with E-state index in [0.717, 1.165) is 120 Å². The predicted octanol–water partition coefficient (Wildman–Crippen LogP) is 32.7. The van der Waals surface area contributed by atoms with E-state index in [4.69, 9.17) is 0 Å². The van der Waals surface area contributed by atoms with E-state index in [1.54, 1.807) is 22.3 Å². The summed E-state index contributed by atoms with van der Waals surface area (Å²) in [4.78, 5) is 8.17.